The number of thiophene rings is 2. The molecule has 7 rings (SSSR count). The number of pyridine rings is 1. The summed E-state index contributed by atoms with van der Waals surface area (Å²) in [5.41, 5.74) is 6.67. The van der Waals surface area contributed by atoms with E-state index in [9.17, 15) is 9.59 Å². The summed E-state index contributed by atoms with van der Waals surface area (Å²) >= 11 is 3.01. The van der Waals surface area contributed by atoms with Crippen LogP contribution in [0.5, 0.6) is 0 Å². The van der Waals surface area contributed by atoms with Crippen molar-refractivity contribution in [3.05, 3.63) is 122 Å². The predicted molar refractivity (Wildman–Crippen MR) is 155 cm³/mol. The predicted octanol–water partition coefficient (Wildman–Crippen LogP) is 8.44. The van der Waals surface area contributed by atoms with Crippen LogP contribution in [0, 0.1) is 0 Å². The van der Waals surface area contributed by atoms with E-state index < -0.39 is 0 Å². The molecular formula is C32H22N2O2S2. The van der Waals surface area contributed by atoms with E-state index in [2.05, 4.69) is 55.1 Å². The van der Waals surface area contributed by atoms with Gasteiger partial charge in [0.2, 0.25) is 0 Å². The van der Waals surface area contributed by atoms with Gasteiger partial charge in [-0.1, -0.05) is 50.2 Å². The summed E-state index contributed by atoms with van der Waals surface area (Å²) in [5.74, 6) is 0.514. The molecule has 184 valence electrons. The maximum absolute atomic E-state index is 12.8. The number of nitrogens with zero attached hydrogens (tertiary/aromatic N) is 2. The minimum Gasteiger partial charge on any atom is -0.295 e. The molecule has 2 aliphatic carbocycles. The van der Waals surface area contributed by atoms with Crippen molar-refractivity contribution in [2.45, 2.75) is 19.3 Å². The van der Waals surface area contributed by atoms with Gasteiger partial charge in [-0.25, -0.2) is 4.98 Å². The Labute approximate surface area is 228 Å². The Bertz CT molecular complexity index is 1710. The molecular weight excluding hydrogens is 508 g/mol. The van der Waals surface area contributed by atoms with Crippen molar-refractivity contribution >= 4 is 57.5 Å². The molecule has 0 aliphatic heterocycles. The first-order chi connectivity index (χ1) is 18.4. The second kappa shape index (κ2) is 8.45. The molecule has 0 fully saturated rings. The van der Waals surface area contributed by atoms with Crippen molar-refractivity contribution in [2.75, 3.05) is 4.90 Å². The van der Waals surface area contributed by atoms with Gasteiger partial charge in [-0.15, -0.1) is 11.3 Å². The van der Waals surface area contributed by atoms with Crippen molar-refractivity contribution in [1.82, 2.24) is 4.98 Å². The molecule has 38 heavy (non-hydrogen) atoms. The highest BCUT2D eigenvalue weighted by Crippen LogP contribution is 2.53. The average Bonchev–Trinajstić information content (AvgIpc) is 3.68. The van der Waals surface area contributed by atoms with Crippen LogP contribution >= 0.6 is 22.7 Å². The van der Waals surface area contributed by atoms with Crippen LogP contribution in [-0.2, 0) is 5.41 Å². The van der Waals surface area contributed by atoms with E-state index in [4.69, 9.17) is 4.98 Å². The fourth-order valence-electron chi connectivity index (χ4n) is 5.44. The number of hydrogen-bond acceptors (Lipinski definition) is 6. The third-order valence-electron chi connectivity index (χ3n) is 7.42. The molecule has 0 amide bonds. The molecule has 5 aromatic rings. The third-order valence-corrected chi connectivity index (χ3v) is 9.28. The number of fused-ring (bicyclic) bond motifs is 4. The maximum atomic E-state index is 12.8. The van der Waals surface area contributed by atoms with E-state index in [0.29, 0.717) is 11.1 Å². The fourth-order valence-corrected chi connectivity index (χ4v) is 7.53. The van der Waals surface area contributed by atoms with Gasteiger partial charge in [0.1, 0.15) is 5.82 Å². The van der Waals surface area contributed by atoms with Gasteiger partial charge in [-0.3, -0.25) is 14.5 Å². The number of Topliss-reactive ketones (excluding diaryl/α,β-unsaturated/α-hetero) is 2. The molecule has 3 heterocycles. The molecule has 0 bridgehead atoms. The first-order valence-corrected chi connectivity index (χ1v) is 14.1. The number of rotatable bonds is 4. The largest absolute Gasteiger partial charge is 0.295 e. The number of ketones is 2. The van der Waals surface area contributed by atoms with Crippen molar-refractivity contribution in [3.63, 3.8) is 0 Å². The van der Waals surface area contributed by atoms with E-state index in [0.717, 1.165) is 32.5 Å². The summed E-state index contributed by atoms with van der Waals surface area (Å²) < 4.78 is 0. The second-order valence-corrected chi connectivity index (χ2v) is 11.9. The van der Waals surface area contributed by atoms with Crippen LogP contribution in [0.3, 0.4) is 0 Å². The SMILES string of the molecule is CC1(C)c2cc(N(c3ccccc3)c3ccccc3)ncc2-c2sc(C=C3C(=O)c4cscc4C3=O)cc21. The van der Waals surface area contributed by atoms with Crippen LogP contribution in [0.4, 0.5) is 17.2 Å². The molecule has 0 saturated carbocycles. The quantitative estimate of drug-likeness (QED) is 0.173. The minimum absolute atomic E-state index is 0.173. The molecule has 0 saturated heterocycles. The Hall–Kier alpha value is -4.13. The summed E-state index contributed by atoms with van der Waals surface area (Å²) in [6.45, 7) is 4.45. The Morgan fingerprint density at radius 1 is 0.789 bits per heavy atom. The lowest BCUT2D eigenvalue weighted by molar-refractivity contribution is 0.0990. The molecule has 4 nitrogen and oxygen atoms in total. The highest BCUT2D eigenvalue weighted by atomic mass is 32.1. The van der Waals surface area contributed by atoms with E-state index in [1.54, 1.807) is 28.2 Å². The Balaban J connectivity index is 1.30. The van der Waals surface area contributed by atoms with Gasteiger partial charge in [-0.05, 0) is 53.6 Å². The molecule has 0 spiro atoms. The number of hydrogen-bond donors (Lipinski definition) is 0. The summed E-state index contributed by atoms with van der Waals surface area (Å²) in [7, 11) is 0. The van der Waals surface area contributed by atoms with E-state index in [1.807, 2.05) is 42.6 Å². The average molecular weight is 531 g/mol. The molecule has 0 N–H and O–H groups in total. The van der Waals surface area contributed by atoms with Gasteiger partial charge in [-0.2, -0.15) is 11.3 Å². The van der Waals surface area contributed by atoms with Crippen LogP contribution in [0.2, 0.25) is 0 Å². The molecule has 2 aliphatic rings. The summed E-state index contributed by atoms with van der Waals surface area (Å²) in [4.78, 5) is 34.8. The van der Waals surface area contributed by atoms with E-state index >= 15 is 0 Å². The highest BCUT2D eigenvalue weighted by Gasteiger charge is 2.39. The Morgan fingerprint density at radius 2 is 1.39 bits per heavy atom. The third kappa shape index (κ3) is 3.37. The van der Waals surface area contributed by atoms with Crippen molar-refractivity contribution in [1.29, 1.82) is 0 Å². The van der Waals surface area contributed by atoms with Gasteiger partial charge < -0.3 is 0 Å². The van der Waals surface area contributed by atoms with Gasteiger partial charge >= 0.3 is 0 Å². The van der Waals surface area contributed by atoms with Crippen molar-refractivity contribution < 1.29 is 9.59 Å². The van der Waals surface area contributed by atoms with E-state index in [1.165, 1.54) is 22.5 Å². The van der Waals surface area contributed by atoms with Gasteiger partial charge in [0.05, 0.1) is 5.57 Å². The monoisotopic (exact) mass is 530 g/mol. The number of benzene rings is 2. The maximum Gasteiger partial charge on any atom is 0.198 e. The zero-order valence-electron chi connectivity index (χ0n) is 20.8. The second-order valence-electron chi connectivity index (χ2n) is 10.0. The first kappa shape index (κ1) is 23.0. The molecule has 2 aromatic carbocycles. The molecule has 0 radical (unpaired) electrons. The topological polar surface area (TPSA) is 50.3 Å². The molecule has 0 unspecified atom stereocenters. The summed E-state index contributed by atoms with van der Waals surface area (Å²) in [5, 5.41) is 3.53. The number of anilines is 3. The van der Waals surface area contributed by atoms with Gasteiger partial charge in [0, 0.05) is 60.2 Å². The molecule has 3 aromatic heterocycles. The number of allylic oxidation sites excluding steroid dienone is 1. The summed E-state index contributed by atoms with van der Waals surface area (Å²) in [6, 6.07) is 24.9. The normalized spacial score (nSPS) is 14.8. The van der Waals surface area contributed by atoms with Crippen molar-refractivity contribution in [2.24, 2.45) is 0 Å². The Kier molecular flexibility index (Phi) is 5.12. The molecule has 6 heteroatoms. The van der Waals surface area contributed by atoms with Crippen LogP contribution in [0.1, 0.15) is 50.6 Å². The lowest BCUT2D eigenvalue weighted by atomic mass is 9.83. The summed E-state index contributed by atoms with van der Waals surface area (Å²) in [6.07, 6.45) is 3.73. The number of carbonyl (C=O) groups is 2. The lowest BCUT2D eigenvalue weighted by Gasteiger charge is -2.27. The highest BCUT2D eigenvalue weighted by molar-refractivity contribution is 7.16. The number of aromatic nitrogens is 1. The number of para-hydroxylation sites is 2. The zero-order chi connectivity index (χ0) is 26.0. The van der Waals surface area contributed by atoms with Crippen LogP contribution in [-0.4, -0.2) is 16.6 Å². The van der Waals surface area contributed by atoms with Gasteiger partial charge in [0.25, 0.3) is 0 Å². The fraction of sp³-hybridized carbons (Fsp3) is 0.0938. The molecule has 0 atom stereocenters. The van der Waals surface area contributed by atoms with Crippen LogP contribution in [0.25, 0.3) is 16.5 Å². The zero-order valence-corrected chi connectivity index (χ0v) is 22.4. The smallest absolute Gasteiger partial charge is 0.198 e. The van der Waals surface area contributed by atoms with Gasteiger partial charge in [0.15, 0.2) is 11.6 Å². The van der Waals surface area contributed by atoms with E-state index in [-0.39, 0.29) is 22.6 Å². The first-order valence-electron chi connectivity index (χ1n) is 12.4. The lowest BCUT2D eigenvalue weighted by Crippen LogP contribution is -2.17. The van der Waals surface area contributed by atoms with Crippen molar-refractivity contribution in [3.8, 4) is 10.4 Å². The Morgan fingerprint density at radius 3 is 2.00 bits per heavy atom. The number of carbonyl (C=O) groups excluding carboxylic acids is 2. The standard InChI is InChI=1S/C32H22N2O2S2/c1-32(2)26-15-28(34(19-9-5-3-6-10-19)20-11-7-4-8-12-20)33-16-23(26)31-27(32)14-21(38-31)13-22-29(35)24-17-37-18-25(24)30(22)36/h3-18H,1-2H3. The van der Waals surface area contributed by atoms with Crippen LogP contribution < -0.4 is 4.90 Å². The van der Waals surface area contributed by atoms with Crippen LogP contribution in [0.15, 0.2) is 95.3 Å². The minimum atomic E-state index is -0.253.